The fraction of sp³-hybridized carbons (Fsp3) is 0.333. The Balaban J connectivity index is 2.06. The van der Waals surface area contributed by atoms with Gasteiger partial charge in [0.25, 0.3) is 5.91 Å². The lowest BCUT2D eigenvalue weighted by Crippen LogP contribution is -2.26. The summed E-state index contributed by atoms with van der Waals surface area (Å²) in [6.07, 6.45) is 3.62. The summed E-state index contributed by atoms with van der Waals surface area (Å²) in [6.45, 7) is 3.24. The molecular formula is C12H15BrN4O. The second kappa shape index (κ2) is 5.39. The summed E-state index contributed by atoms with van der Waals surface area (Å²) in [6, 6.07) is 3.71. The second-order valence-electron chi connectivity index (χ2n) is 3.96. The number of halogens is 1. The number of hydrogen-bond acceptors (Lipinski definition) is 2. The van der Waals surface area contributed by atoms with E-state index >= 15 is 0 Å². The largest absolute Gasteiger partial charge is 0.345 e. The molecule has 5 nitrogen and oxygen atoms in total. The summed E-state index contributed by atoms with van der Waals surface area (Å²) >= 11 is 3.38. The summed E-state index contributed by atoms with van der Waals surface area (Å²) in [5, 5.41) is 6.95. The molecule has 6 heteroatoms. The van der Waals surface area contributed by atoms with Gasteiger partial charge in [-0.25, -0.2) is 0 Å². The van der Waals surface area contributed by atoms with Crippen molar-refractivity contribution >= 4 is 21.8 Å². The van der Waals surface area contributed by atoms with Gasteiger partial charge >= 0.3 is 0 Å². The fourth-order valence-corrected chi connectivity index (χ4v) is 2.23. The number of aromatic nitrogens is 3. The normalized spacial score (nSPS) is 10.6. The Morgan fingerprint density at radius 2 is 2.33 bits per heavy atom. The molecule has 0 fully saturated rings. The van der Waals surface area contributed by atoms with Crippen LogP contribution in [0.4, 0.5) is 0 Å². The van der Waals surface area contributed by atoms with Gasteiger partial charge in [-0.15, -0.1) is 0 Å². The van der Waals surface area contributed by atoms with E-state index in [1.54, 1.807) is 10.9 Å². The molecule has 18 heavy (non-hydrogen) atoms. The Morgan fingerprint density at radius 3 is 2.94 bits per heavy atom. The van der Waals surface area contributed by atoms with Crippen molar-refractivity contribution in [1.29, 1.82) is 0 Å². The molecule has 1 amide bonds. The van der Waals surface area contributed by atoms with E-state index in [1.807, 2.05) is 36.9 Å². The molecule has 1 N–H and O–H groups in total. The van der Waals surface area contributed by atoms with Crippen molar-refractivity contribution in [2.45, 2.75) is 20.0 Å². The van der Waals surface area contributed by atoms with Crippen molar-refractivity contribution in [3.05, 3.63) is 40.4 Å². The first kappa shape index (κ1) is 12.9. The number of carbonyl (C=O) groups excluding carboxylic acids is 1. The van der Waals surface area contributed by atoms with Crippen LogP contribution < -0.4 is 5.32 Å². The number of rotatable bonds is 4. The molecule has 0 saturated heterocycles. The molecule has 2 rings (SSSR count). The highest BCUT2D eigenvalue weighted by molar-refractivity contribution is 9.10. The standard InChI is InChI=1S/C12H15BrN4O/c1-3-17-8-9(13)6-11(17)12(18)14-7-10-4-5-15-16(10)2/h4-6,8H,3,7H2,1-2H3,(H,14,18). The van der Waals surface area contributed by atoms with E-state index in [4.69, 9.17) is 0 Å². The topological polar surface area (TPSA) is 51.9 Å². The van der Waals surface area contributed by atoms with Crippen LogP contribution in [-0.2, 0) is 20.1 Å². The van der Waals surface area contributed by atoms with Crippen molar-refractivity contribution < 1.29 is 4.79 Å². The maximum atomic E-state index is 12.1. The average molecular weight is 311 g/mol. The van der Waals surface area contributed by atoms with Crippen LogP contribution in [-0.4, -0.2) is 20.3 Å². The number of nitrogens with zero attached hydrogens (tertiary/aromatic N) is 3. The predicted octanol–water partition coefficient (Wildman–Crippen LogP) is 1.93. The van der Waals surface area contributed by atoms with Gasteiger partial charge in [0.2, 0.25) is 0 Å². The summed E-state index contributed by atoms with van der Waals surface area (Å²) in [5.41, 5.74) is 1.63. The van der Waals surface area contributed by atoms with Crippen LogP contribution in [0.5, 0.6) is 0 Å². The van der Waals surface area contributed by atoms with E-state index in [0.29, 0.717) is 12.2 Å². The molecule has 2 heterocycles. The number of amides is 1. The Labute approximate surface area is 114 Å². The van der Waals surface area contributed by atoms with Gasteiger partial charge in [0.1, 0.15) is 5.69 Å². The third-order valence-corrected chi connectivity index (χ3v) is 3.22. The maximum Gasteiger partial charge on any atom is 0.268 e. The zero-order valence-electron chi connectivity index (χ0n) is 10.4. The molecule has 96 valence electrons. The number of hydrogen-bond donors (Lipinski definition) is 1. The van der Waals surface area contributed by atoms with Crippen LogP contribution in [0.25, 0.3) is 0 Å². The molecule has 2 aromatic rings. The number of nitrogens with one attached hydrogen (secondary N) is 1. The zero-order chi connectivity index (χ0) is 13.1. The van der Waals surface area contributed by atoms with E-state index < -0.39 is 0 Å². The predicted molar refractivity (Wildman–Crippen MR) is 72.2 cm³/mol. The van der Waals surface area contributed by atoms with Gasteiger partial charge in [0.05, 0.1) is 12.2 Å². The molecule has 0 aliphatic heterocycles. The minimum atomic E-state index is -0.0799. The summed E-state index contributed by atoms with van der Waals surface area (Å²) in [5.74, 6) is -0.0799. The highest BCUT2D eigenvalue weighted by Crippen LogP contribution is 2.15. The molecule has 2 aromatic heterocycles. The monoisotopic (exact) mass is 310 g/mol. The van der Waals surface area contributed by atoms with Gasteiger partial charge in [-0.1, -0.05) is 0 Å². The summed E-state index contributed by atoms with van der Waals surface area (Å²) in [4.78, 5) is 12.1. The minimum Gasteiger partial charge on any atom is -0.345 e. The van der Waals surface area contributed by atoms with Crippen LogP contribution in [0.3, 0.4) is 0 Å². The molecule has 0 atom stereocenters. The van der Waals surface area contributed by atoms with Crippen molar-refractivity contribution in [1.82, 2.24) is 19.7 Å². The smallest absolute Gasteiger partial charge is 0.268 e. The quantitative estimate of drug-likeness (QED) is 0.938. The van der Waals surface area contributed by atoms with Crippen LogP contribution in [0.1, 0.15) is 23.1 Å². The Bertz CT molecular complexity index is 558. The fourth-order valence-electron chi connectivity index (χ4n) is 1.76. The molecule has 0 aliphatic carbocycles. The molecule has 0 bridgehead atoms. The molecule has 0 aromatic carbocycles. The van der Waals surface area contributed by atoms with Crippen molar-refractivity contribution in [2.24, 2.45) is 7.05 Å². The van der Waals surface area contributed by atoms with E-state index in [9.17, 15) is 4.79 Å². The van der Waals surface area contributed by atoms with Crippen molar-refractivity contribution in [3.63, 3.8) is 0 Å². The van der Waals surface area contributed by atoms with Gasteiger partial charge in [-0.2, -0.15) is 5.10 Å². The van der Waals surface area contributed by atoms with Gasteiger partial charge < -0.3 is 9.88 Å². The van der Waals surface area contributed by atoms with Crippen molar-refractivity contribution in [2.75, 3.05) is 0 Å². The third kappa shape index (κ3) is 2.64. The van der Waals surface area contributed by atoms with E-state index in [1.165, 1.54) is 0 Å². The SMILES string of the molecule is CCn1cc(Br)cc1C(=O)NCc1ccnn1C. The second-order valence-corrected chi connectivity index (χ2v) is 4.87. The lowest BCUT2D eigenvalue weighted by Gasteiger charge is -2.07. The molecule has 0 unspecified atom stereocenters. The molecule has 0 radical (unpaired) electrons. The van der Waals surface area contributed by atoms with Crippen LogP contribution in [0, 0.1) is 0 Å². The molecule has 0 saturated carbocycles. The summed E-state index contributed by atoms with van der Waals surface area (Å²) < 4.78 is 4.56. The number of carbonyl (C=O) groups is 1. The van der Waals surface area contributed by atoms with Gasteiger partial charge in [-0.05, 0) is 35.0 Å². The van der Waals surface area contributed by atoms with E-state index in [0.717, 1.165) is 16.7 Å². The molecular weight excluding hydrogens is 296 g/mol. The van der Waals surface area contributed by atoms with E-state index in [2.05, 4.69) is 26.3 Å². The van der Waals surface area contributed by atoms with Gasteiger partial charge in [-0.3, -0.25) is 9.48 Å². The van der Waals surface area contributed by atoms with E-state index in [-0.39, 0.29) is 5.91 Å². The third-order valence-electron chi connectivity index (χ3n) is 2.79. The van der Waals surface area contributed by atoms with Crippen molar-refractivity contribution in [3.8, 4) is 0 Å². The average Bonchev–Trinajstić information content (AvgIpc) is 2.92. The first-order valence-corrected chi connectivity index (χ1v) is 6.52. The zero-order valence-corrected chi connectivity index (χ0v) is 11.9. The number of aryl methyl sites for hydroxylation is 2. The van der Waals surface area contributed by atoms with Crippen LogP contribution in [0.15, 0.2) is 29.0 Å². The Hall–Kier alpha value is -1.56. The minimum absolute atomic E-state index is 0.0799. The first-order valence-electron chi connectivity index (χ1n) is 5.72. The lowest BCUT2D eigenvalue weighted by atomic mass is 10.3. The maximum absolute atomic E-state index is 12.1. The lowest BCUT2D eigenvalue weighted by molar-refractivity contribution is 0.0941. The van der Waals surface area contributed by atoms with Gasteiger partial charge in [0, 0.05) is 30.5 Å². The highest BCUT2D eigenvalue weighted by Gasteiger charge is 2.12. The molecule has 0 aliphatic rings. The van der Waals surface area contributed by atoms with Crippen LogP contribution in [0.2, 0.25) is 0 Å². The first-order chi connectivity index (χ1) is 8.61. The molecule has 0 spiro atoms. The van der Waals surface area contributed by atoms with Crippen LogP contribution >= 0.6 is 15.9 Å². The summed E-state index contributed by atoms with van der Waals surface area (Å²) in [7, 11) is 1.85. The Morgan fingerprint density at radius 1 is 1.56 bits per heavy atom. The van der Waals surface area contributed by atoms with Gasteiger partial charge in [0.15, 0.2) is 0 Å². The highest BCUT2D eigenvalue weighted by atomic mass is 79.9. The Kier molecular flexibility index (Phi) is 3.86.